The molecule has 0 fully saturated rings. The van der Waals surface area contributed by atoms with E-state index in [4.69, 9.17) is 4.74 Å². The molecule has 19 heavy (non-hydrogen) atoms. The minimum absolute atomic E-state index is 0.363. The zero-order valence-corrected chi connectivity index (χ0v) is 12.1. The maximum absolute atomic E-state index is 13.4. The zero-order chi connectivity index (χ0) is 13.7. The highest BCUT2D eigenvalue weighted by molar-refractivity contribution is 9.10. The van der Waals surface area contributed by atoms with Crippen LogP contribution in [0.3, 0.4) is 0 Å². The first-order valence-corrected chi connectivity index (χ1v) is 6.82. The molecule has 1 aromatic heterocycles. The van der Waals surface area contributed by atoms with Gasteiger partial charge in [-0.3, -0.25) is 0 Å². The third kappa shape index (κ3) is 3.92. The van der Waals surface area contributed by atoms with E-state index < -0.39 is 0 Å². The van der Waals surface area contributed by atoms with Crippen LogP contribution in [0.4, 0.5) is 10.2 Å². The van der Waals surface area contributed by atoms with E-state index in [1.54, 1.807) is 18.2 Å². The minimum Gasteiger partial charge on any atom is -0.439 e. The van der Waals surface area contributed by atoms with E-state index in [9.17, 15) is 4.39 Å². The number of pyridine rings is 1. The summed E-state index contributed by atoms with van der Waals surface area (Å²) < 4.78 is 19.3. The maximum atomic E-state index is 13.4. The van der Waals surface area contributed by atoms with Gasteiger partial charge in [0.25, 0.3) is 0 Å². The van der Waals surface area contributed by atoms with Crippen LogP contribution in [0.15, 0.2) is 40.9 Å². The number of nitrogens with zero attached hydrogens (tertiary/aromatic N) is 1. The Bertz CT molecular complexity index is 563. The van der Waals surface area contributed by atoms with Gasteiger partial charge in [-0.2, -0.15) is 4.98 Å². The van der Waals surface area contributed by atoms with Crippen molar-refractivity contribution in [3.8, 4) is 11.6 Å². The molecule has 1 aromatic carbocycles. The van der Waals surface area contributed by atoms with Crippen molar-refractivity contribution >= 4 is 21.7 Å². The molecule has 0 radical (unpaired) electrons. The lowest BCUT2D eigenvalue weighted by Crippen LogP contribution is -2.02. The van der Waals surface area contributed by atoms with Crippen LogP contribution in [0, 0.1) is 5.82 Å². The van der Waals surface area contributed by atoms with Gasteiger partial charge >= 0.3 is 0 Å². The smallest absolute Gasteiger partial charge is 0.221 e. The molecule has 1 heterocycles. The molecule has 0 atom stereocenters. The van der Waals surface area contributed by atoms with Gasteiger partial charge in [-0.1, -0.05) is 13.0 Å². The molecule has 0 saturated carbocycles. The van der Waals surface area contributed by atoms with E-state index in [1.807, 2.05) is 12.1 Å². The number of rotatable bonds is 5. The van der Waals surface area contributed by atoms with E-state index in [2.05, 4.69) is 33.2 Å². The Hall–Kier alpha value is -1.62. The highest BCUT2D eigenvalue weighted by atomic mass is 79.9. The minimum atomic E-state index is -0.363. The van der Waals surface area contributed by atoms with Crippen LogP contribution < -0.4 is 10.1 Å². The van der Waals surface area contributed by atoms with Crippen molar-refractivity contribution in [2.45, 2.75) is 13.3 Å². The van der Waals surface area contributed by atoms with Crippen LogP contribution in [0.2, 0.25) is 0 Å². The van der Waals surface area contributed by atoms with Gasteiger partial charge in [-0.15, -0.1) is 0 Å². The number of hydrogen-bond acceptors (Lipinski definition) is 3. The van der Waals surface area contributed by atoms with Crippen LogP contribution in [0.25, 0.3) is 0 Å². The normalized spacial score (nSPS) is 10.3. The first kappa shape index (κ1) is 13.8. The number of aromatic nitrogens is 1. The van der Waals surface area contributed by atoms with E-state index in [0.717, 1.165) is 18.8 Å². The van der Waals surface area contributed by atoms with Crippen molar-refractivity contribution in [2.75, 3.05) is 11.9 Å². The Kier molecular flexibility index (Phi) is 4.74. The molecule has 0 saturated heterocycles. The topological polar surface area (TPSA) is 34.1 Å². The molecule has 2 aromatic rings. The number of benzene rings is 1. The number of nitrogens with one attached hydrogen (secondary N) is 1. The van der Waals surface area contributed by atoms with Gasteiger partial charge in [-0.25, -0.2) is 4.39 Å². The molecule has 0 unspecified atom stereocenters. The van der Waals surface area contributed by atoms with E-state index in [1.165, 1.54) is 6.07 Å². The molecule has 2 rings (SSSR count). The van der Waals surface area contributed by atoms with Crippen molar-refractivity contribution < 1.29 is 9.13 Å². The summed E-state index contributed by atoms with van der Waals surface area (Å²) in [5.74, 6) is 1.23. The summed E-state index contributed by atoms with van der Waals surface area (Å²) in [4.78, 5) is 4.29. The first-order valence-electron chi connectivity index (χ1n) is 6.03. The van der Waals surface area contributed by atoms with Crippen molar-refractivity contribution in [1.82, 2.24) is 4.98 Å². The summed E-state index contributed by atoms with van der Waals surface area (Å²) in [6.45, 7) is 2.93. The summed E-state index contributed by atoms with van der Waals surface area (Å²) in [5, 5.41) is 3.17. The highest BCUT2D eigenvalue weighted by Crippen LogP contribution is 2.25. The number of hydrogen-bond donors (Lipinski definition) is 1. The van der Waals surface area contributed by atoms with Crippen molar-refractivity contribution in [2.24, 2.45) is 0 Å². The lowest BCUT2D eigenvalue weighted by Gasteiger charge is -2.08. The van der Waals surface area contributed by atoms with Crippen LogP contribution in [0.5, 0.6) is 11.6 Å². The monoisotopic (exact) mass is 324 g/mol. The summed E-state index contributed by atoms with van der Waals surface area (Å²) in [6.07, 6.45) is 1.02. The fourth-order valence-corrected chi connectivity index (χ4v) is 1.73. The van der Waals surface area contributed by atoms with Crippen LogP contribution in [-0.4, -0.2) is 11.5 Å². The van der Waals surface area contributed by atoms with Crippen LogP contribution in [-0.2, 0) is 0 Å². The maximum Gasteiger partial charge on any atom is 0.221 e. The quantitative estimate of drug-likeness (QED) is 0.872. The lowest BCUT2D eigenvalue weighted by atomic mass is 10.3. The Morgan fingerprint density at radius 2 is 2.16 bits per heavy atom. The third-order valence-corrected chi connectivity index (χ3v) is 3.04. The average molecular weight is 325 g/mol. The summed E-state index contributed by atoms with van der Waals surface area (Å²) in [7, 11) is 0. The molecule has 100 valence electrons. The summed E-state index contributed by atoms with van der Waals surface area (Å²) in [6, 6.07) is 10.0. The Morgan fingerprint density at radius 1 is 1.32 bits per heavy atom. The molecule has 0 amide bonds. The zero-order valence-electron chi connectivity index (χ0n) is 10.5. The van der Waals surface area contributed by atoms with Gasteiger partial charge in [0, 0.05) is 18.7 Å². The third-order valence-electron chi connectivity index (χ3n) is 2.39. The van der Waals surface area contributed by atoms with Crippen LogP contribution in [0.1, 0.15) is 13.3 Å². The van der Waals surface area contributed by atoms with Gasteiger partial charge in [0.1, 0.15) is 17.4 Å². The second-order valence-electron chi connectivity index (χ2n) is 3.97. The van der Waals surface area contributed by atoms with E-state index in [-0.39, 0.29) is 5.82 Å². The Balaban J connectivity index is 2.11. The first-order chi connectivity index (χ1) is 9.19. The molecule has 0 aliphatic heterocycles. The SMILES string of the molecule is CCCNc1cccc(Oc2ccc(Br)c(F)c2)n1. The number of ether oxygens (including phenoxy) is 1. The predicted molar refractivity (Wildman–Crippen MR) is 77.2 cm³/mol. The van der Waals surface area contributed by atoms with Crippen LogP contribution >= 0.6 is 15.9 Å². The van der Waals surface area contributed by atoms with Crippen molar-refractivity contribution in [3.05, 3.63) is 46.7 Å². The Labute approximate surface area is 119 Å². The van der Waals surface area contributed by atoms with Gasteiger partial charge in [0.15, 0.2) is 0 Å². The molecule has 0 aliphatic rings. The molecule has 1 N–H and O–H groups in total. The summed E-state index contributed by atoms with van der Waals surface area (Å²) in [5.41, 5.74) is 0. The molecule has 0 bridgehead atoms. The van der Waals surface area contributed by atoms with Gasteiger partial charge in [-0.05, 0) is 40.5 Å². The fraction of sp³-hybridized carbons (Fsp3) is 0.214. The number of anilines is 1. The van der Waals surface area contributed by atoms with Gasteiger partial charge in [0.2, 0.25) is 5.88 Å². The Morgan fingerprint density at radius 3 is 2.89 bits per heavy atom. The van der Waals surface area contributed by atoms with Gasteiger partial charge in [0.05, 0.1) is 4.47 Å². The largest absolute Gasteiger partial charge is 0.439 e. The van der Waals surface area contributed by atoms with Crippen molar-refractivity contribution in [3.63, 3.8) is 0 Å². The van der Waals surface area contributed by atoms with E-state index in [0.29, 0.717) is 16.1 Å². The molecule has 0 spiro atoms. The molecule has 3 nitrogen and oxygen atoms in total. The molecule has 0 aliphatic carbocycles. The van der Waals surface area contributed by atoms with Gasteiger partial charge < -0.3 is 10.1 Å². The molecule has 5 heteroatoms. The van der Waals surface area contributed by atoms with E-state index >= 15 is 0 Å². The predicted octanol–water partition coefficient (Wildman–Crippen LogP) is 4.60. The summed E-state index contributed by atoms with van der Waals surface area (Å²) >= 11 is 3.10. The second-order valence-corrected chi connectivity index (χ2v) is 4.82. The molecular formula is C14H14BrFN2O. The fourth-order valence-electron chi connectivity index (χ4n) is 1.48. The average Bonchev–Trinajstić information content (AvgIpc) is 2.41. The molecular weight excluding hydrogens is 311 g/mol. The standard InChI is InChI=1S/C14H14BrFN2O/c1-2-8-17-13-4-3-5-14(18-13)19-10-6-7-11(15)12(16)9-10/h3-7,9H,2,8H2,1H3,(H,17,18). The number of halogens is 2. The lowest BCUT2D eigenvalue weighted by molar-refractivity contribution is 0.458. The van der Waals surface area contributed by atoms with Crippen molar-refractivity contribution in [1.29, 1.82) is 0 Å². The second kappa shape index (κ2) is 6.52. The highest BCUT2D eigenvalue weighted by Gasteiger charge is 2.04.